The number of aliphatic carboxylic acids is 1. The van der Waals surface area contributed by atoms with Crippen molar-refractivity contribution >= 4 is 23.9 Å². The number of esters is 1. The van der Waals surface area contributed by atoms with Gasteiger partial charge in [0.25, 0.3) is 5.91 Å². The molecule has 3 amide bonds. The summed E-state index contributed by atoms with van der Waals surface area (Å²) in [5, 5.41) is 11.4. The zero-order chi connectivity index (χ0) is 21.0. The van der Waals surface area contributed by atoms with Gasteiger partial charge < -0.3 is 15.2 Å². The molecule has 2 aromatic carbocycles. The van der Waals surface area contributed by atoms with E-state index < -0.39 is 42.1 Å². The number of nitrogens with one attached hydrogen (secondary N) is 1. The fourth-order valence-corrected chi connectivity index (χ4v) is 3.32. The fourth-order valence-electron chi connectivity index (χ4n) is 3.32. The molecule has 0 radical (unpaired) electrons. The molecule has 8 heteroatoms. The third-order valence-corrected chi connectivity index (χ3v) is 4.68. The lowest BCUT2D eigenvalue weighted by molar-refractivity contribution is -0.160. The van der Waals surface area contributed by atoms with E-state index in [1.165, 1.54) is 6.92 Å². The molecule has 8 nitrogen and oxygen atoms in total. The predicted octanol–water partition coefficient (Wildman–Crippen LogP) is 2.24. The highest BCUT2D eigenvalue weighted by Crippen LogP contribution is 2.36. The minimum absolute atomic E-state index is 0.355. The van der Waals surface area contributed by atoms with E-state index in [4.69, 9.17) is 9.84 Å². The third-order valence-electron chi connectivity index (χ3n) is 4.68. The van der Waals surface area contributed by atoms with E-state index in [-0.39, 0.29) is 6.42 Å². The van der Waals surface area contributed by atoms with Crippen LogP contribution >= 0.6 is 0 Å². The van der Waals surface area contributed by atoms with Gasteiger partial charge in [-0.1, -0.05) is 60.7 Å². The number of rotatable bonds is 7. The van der Waals surface area contributed by atoms with Gasteiger partial charge in [-0.25, -0.2) is 9.69 Å². The Morgan fingerprint density at radius 2 is 1.52 bits per heavy atom. The maximum absolute atomic E-state index is 13.5. The zero-order valence-electron chi connectivity index (χ0n) is 15.7. The number of imide groups is 1. The lowest BCUT2D eigenvalue weighted by Crippen LogP contribution is -2.46. The molecule has 2 aromatic rings. The second kappa shape index (κ2) is 8.14. The van der Waals surface area contributed by atoms with Crippen LogP contribution in [0.4, 0.5) is 4.79 Å². The van der Waals surface area contributed by atoms with Gasteiger partial charge >= 0.3 is 18.0 Å². The second-order valence-electron chi connectivity index (χ2n) is 6.57. The van der Waals surface area contributed by atoms with Crippen LogP contribution in [0.1, 0.15) is 30.9 Å². The van der Waals surface area contributed by atoms with Crippen LogP contribution in [0.25, 0.3) is 0 Å². The lowest BCUT2D eigenvalue weighted by atomic mass is 9.82. The second-order valence-corrected chi connectivity index (χ2v) is 6.57. The van der Waals surface area contributed by atoms with E-state index in [2.05, 4.69) is 5.32 Å². The number of benzene rings is 2. The Morgan fingerprint density at radius 3 is 2.00 bits per heavy atom. The van der Waals surface area contributed by atoms with Crippen LogP contribution in [0.2, 0.25) is 0 Å². The smallest absolute Gasteiger partial charge is 0.328 e. The Morgan fingerprint density at radius 1 is 1.00 bits per heavy atom. The molecule has 0 bridgehead atoms. The molecule has 1 atom stereocenters. The standard InChI is InChI=1S/C21H20N2O6/c1-14(29-18(26)13-12-17(24)25)23-19(27)21(22-20(23)28,15-8-4-2-5-9-15)16-10-6-3-7-11-16/h2-11,14H,12-13H2,1H3,(H,22,28)(H,24,25). The van der Waals surface area contributed by atoms with Crippen LogP contribution in [-0.4, -0.2) is 40.1 Å². The lowest BCUT2D eigenvalue weighted by Gasteiger charge is -2.29. The third kappa shape index (κ3) is 3.82. The number of nitrogens with zero attached hydrogens (tertiary/aromatic N) is 1. The van der Waals surface area contributed by atoms with Gasteiger partial charge in [-0.15, -0.1) is 0 Å². The van der Waals surface area contributed by atoms with E-state index in [9.17, 15) is 19.2 Å². The maximum Gasteiger partial charge on any atom is 0.328 e. The van der Waals surface area contributed by atoms with Crippen molar-refractivity contribution in [3.8, 4) is 0 Å². The molecule has 1 aliphatic rings. The molecule has 0 aliphatic carbocycles. The van der Waals surface area contributed by atoms with Crippen LogP contribution in [0.15, 0.2) is 60.7 Å². The first kappa shape index (κ1) is 20.1. The van der Waals surface area contributed by atoms with Gasteiger partial charge in [-0.05, 0) is 18.1 Å². The summed E-state index contributed by atoms with van der Waals surface area (Å²) in [6, 6.07) is 16.9. The van der Waals surface area contributed by atoms with E-state index >= 15 is 0 Å². The molecule has 0 saturated carbocycles. The number of hydrogen-bond acceptors (Lipinski definition) is 5. The molecule has 0 aromatic heterocycles. The fraction of sp³-hybridized carbons (Fsp3) is 0.238. The molecule has 2 N–H and O–H groups in total. The average molecular weight is 396 g/mol. The summed E-state index contributed by atoms with van der Waals surface area (Å²) in [6.45, 7) is 1.39. The molecular weight excluding hydrogens is 376 g/mol. The highest BCUT2D eigenvalue weighted by Gasteiger charge is 2.55. The SMILES string of the molecule is CC(OC(=O)CCC(=O)O)N1C(=O)NC(c2ccccc2)(c2ccccc2)C1=O. The highest BCUT2D eigenvalue weighted by molar-refractivity contribution is 6.09. The first-order valence-electron chi connectivity index (χ1n) is 9.04. The van der Waals surface area contributed by atoms with Gasteiger partial charge in [-0.2, -0.15) is 0 Å². The van der Waals surface area contributed by atoms with Crippen LogP contribution < -0.4 is 5.32 Å². The number of carboxylic acid groups (broad SMARTS) is 1. The Kier molecular flexibility index (Phi) is 5.63. The Balaban J connectivity index is 1.93. The minimum atomic E-state index is -1.46. The first-order valence-corrected chi connectivity index (χ1v) is 9.04. The summed E-state index contributed by atoms with van der Waals surface area (Å²) in [5.41, 5.74) is -0.325. The van der Waals surface area contributed by atoms with Crippen molar-refractivity contribution in [3.63, 3.8) is 0 Å². The molecular formula is C21H20N2O6. The molecule has 150 valence electrons. The highest BCUT2D eigenvalue weighted by atomic mass is 16.6. The number of ether oxygens (including phenoxy) is 1. The monoisotopic (exact) mass is 396 g/mol. The predicted molar refractivity (Wildman–Crippen MR) is 101 cm³/mol. The molecule has 0 spiro atoms. The zero-order valence-corrected chi connectivity index (χ0v) is 15.7. The van der Waals surface area contributed by atoms with Gasteiger partial charge in [0.2, 0.25) is 0 Å². The normalized spacial score (nSPS) is 16.2. The van der Waals surface area contributed by atoms with Crippen LogP contribution in [0.5, 0.6) is 0 Å². The van der Waals surface area contributed by atoms with Gasteiger partial charge in [0.1, 0.15) is 0 Å². The van der Waals surface area contributed by atoms with E-state index in [0.29, 0.717) is 11.1 Å². The van der Waals surface area contributed by atoms with Crippen molar-refractivity contribution in [2.75, 3.05) is 0 Å². The number of hydrogen-bond donors (Lipinski definition) is 2. The molecule has 1 fully saturated rings. The van der Waals surface area contributed by atoms with Crippen molar-refractivity contribution in [1.29, 1.82) is 0 Å². The van der Waals surface area contributed by atoms with Crippen molar-refractivity contribution in [2.24, 2.45) is 0 Å². The topological polar surface area (TPSA) is 113 Å². The molecule has 3 rings (SSSR count). The Hall–Kier alpha value is -3.68. The van der Waals surface area contributed by atoms with Gasteiger partial charge in [0.05, 0.1) is 12.8 Å². The number of carbonyl (C=O) groups excluding carboxylic acids is 3. The summed E-state index contributed by atoms with van der Waals surface area (Å²) in [6.07, 6.45) is -1.95. The van der Waals surface area contributed by atoms with E-state index in [1.807, 2.05) is 0 Å². The van der Waals surface area contributed by atoms with Crippen molar-refractivity contribution < 1.29 is 29.0 Å². The largest absolute Gasteiger partial charge is 0.481 e. The van der Waals surface area contributed by atoms with Crippen molar-refractivity contribution in [1.82, 2.24) is 10.2 Å². The van der Waals surface area contributed by atoms with Gasteiger partial charge in [-0.3, -0.25) is 14.4 Å². The quantitative estimate of drug-likeness (QED) is 0.548. The summed E-state index contributed by atoms with van der Waals surface area (Å²) in [5.74, 6) is -2.53. The van der Waals surface area contributed by atoms with Crippen LogP contribution in [0.3, 0.4) is 0 Å². The number of urea groups is 1. The summed E-state index contributed by atoms with van der Waals surface area (Å²) in [7, 11) is 0. The van der Waals surface area contributed by atoms with E-state index in [1.54, 1.807) is 60.7 Å². The van der Waals surface area contributed by atoms with Crippen LogP contribution in [-0.2, 0) is 24.7 Å². The molecule has 29 heavy (non-hydrogen) atoms. The van der Waals surface area contributed by atoms with Crippen molar-refractivity contribution in [3.05, 3.63) is 71.8 Å². The number of carboxylic acids is 1. The molecule has 1 saturated heterocycles. The summed E-state index contributed by atoms with van der Waals surface area (Å²) in [4.78, 5) is 49.6. The Bertz CT molecular complexity index is 889. The summed E-state index contributed by atoms with van der Waals surface area (Å²) >= 11 is 0. The maximum atomic E-state index is 13.5. The molecule has 1 unspecified atom stereocenters. The Labute approximate surface area is 167 Å². The number of amides is 3. The molecule has 1 aliphatic heterocycles. The summed E-state index contributed by atoms with van der Waals surface area (Å²) < 4.78 is 5.13. The van der Waals surface area contributed by atoms with Crippen LogP contribution in [0, 0.1) is 0 Å². The van der Waals surface area contributed by atoms with Gasteiger partial charge in [0, 0.05) is 0 Å². The van der Waals surface area contributed by atoms with Gasteiger partial charge in [0.15, 0.2) is 11.8 Å². The number of carbonyl (C=O) groups is 4. The molecule has 1 heterocycles. The average Bonchev–Trinajstić information content (AvgIpc) is 2.99. The minimum Gasteiger partial charge on any atom is -0.481 e. The van der Waals surface area contributed by atoms with Crippen molar-refractivity contribution in [2.45, 2.75) is 31.5 Å². The first-order chi connectivity index (χ1) is 13.9. The van der Waals surface area contributed by atoms with E-state index in [0.717, 1.165) is 4.90 Å².